The molecule has 2 atom stereocenters. The average Bonchev–Trinajstić information content (AvgIpc) is 2.41. The zero-order valence-corrected chi connectivity index (χ0v) is 11.5. The zero-order valence-electron chi connectivity index (χ0n) is 11.5. The number of piperidine rings is 1. The van der Waals surface area contributed by atoms with Crippen LogP contribution in [-0.4, -0.2) is 29.2 Å². The van der Waals surface area contributed by atoms with E-state index in [1.165, 1.54) is 12.1 Å². The Morgan fingerprint density at radius 2 is 2.05 bits per heavy atom. The van der Waals surface area contributed by atoms with Crippen LogP contribution >= 0.6 is 0 Å². The van der Waals surface area contributed by atoms with Crippen LogP contribution in [0.25, 0.3) is 0 Å². The van der Waals surface area contributed by atoms with Crippen molar-refractivity contribution in [2.24, 2.45) is 5.92 Å². The molecule has 0 saturated carbocycles. The molecule has 1 N–H and O–H groups in total. The molecule has 20 heavy (non-hydrogen) atoms. The van der Waals surface area contributed by atoms with E-state index in [0.717, 1.165) is 25.5 Å². The third kappa shape index (κ3) is 3.73. The van der Waals surface area contributed by atoms with Crippen molar-refractivity contribution in [3.05, 3.63) is 35.4 Å². The van der Waals surface area contributed by atoms with Crippen molar-refractivity contribution < 1.29 is 18.3 Å². The Labute approximate surface area is 117 Å². The molecule has 1 fully saturated rings. The summed E-state index contributed by atoms with van der Waals surface area (Å²) in [7, 11) is 0. The lowest BCUT2D eigenvalue weighted by atomic mass is 9.93. The van der Waals surface area contributed by atoms with Gasteiger partial charge in [-0.25, -0.2) is 0 Å². The molecule has 1 aromatic rings. The molecule has 1 aliphatic heterocycles. The van der Waals surface area contributed by atoms with E-state index in [9.17, 15) is 18.3 Å². The summed E-state index contributed by atoms with van der Waals surface area (Å²) in [5.41, 5.74) is 0.0728. The van der Waals surface area contributed by atoms with E-state index in [-0.39, 0.29) is 12.5 Å². The summed E-state index contributed by atoms with van der Waals surface area (Å²) < 4.78 is 38.1. The first-order valence-corrected chi connectivity index (χ1v) is 6.91. The van der Waals surface area contributed by atoms with E-state index in [2.05, 4.69) is 11.8 Å². The Balaban J connectivity index is 2.09. The highest BCUT2D eigenvalue weighted by Gasteiger charge is 2.31. The number of hydrogen-bond donors (Lipinski definition) is 1. The van der Waals surface area contributed by atoms with E-state index in [4.69, 9.17) is 0 Å². The van der Waals surface area contributed by atoms with E-state index < -0.39 is 11.7 Å². The van der Waals surface area contributed by atoms with Crippen LogP contribution < -0.4 is 0 Å². The van der Waals surface area contributed by atoms with Gasteiger partial charge >= 0.3 is 6.18 Å². The molecular formula is C15H20F3NO. The topological polar surface area (TPSA) is 23.5 Å². The molecule has 1 heterocycles. The van der Waals surface area contributed by atoms with Gasteiger partial charge in [0.1, 0.15) is 0 Å². The molecule has 0 bridgehead atoms. The van der Waals surface area contributed by atoms with Crippen molar-refractivity contribution >= 4 is 0 Å². The van der Waals surface area contributed by atoms with Crippen LogP contribution in [0.5, 0.6) is 0 Å². The lowest BCUT2D eigenvalue weighted by Crippen LogP contribution is -2.42. The fourth-order valence-electron chi connectivity index (χ4n) is 2.71. The fourth-order valence-corrected chi connectivity index (χ4v) is 2.71. The van der Waals surface area contributed by atoms with Crippen LogP contribution in [0.4, 0.5) is 13.2 Å². The molecule has 0 aromatic heterocycles. The maximum Gasteiger partial charge on any atom is 0.416 e. The number of rotatable bonds is 3. The predicted octanol–water partition coefficient (Wildman–Crippen LogP) is 3.30. The van der Waals surface area contributed by atoms with Crippen LogP contribution in [-0.2, 0) is 12.7 Å². The fraction of sp³-hybridized carbons (Fsp3) is 0.600. The Bertz CT molecular complexity index is 447. The van der Waals surface area contributed by atoms with Crippen molar-refractivity contribution in [1.82, 2.24) is 4.90 Å². The number of benzene rings is 1. The molecule has 1 aliphatic rings. The molecule has 112 valence electrons. The van der Waals surface area contributed by atoms with Gasteiger partial charge in [0.15, 0.2) is 0 Å². The zero-order chi connectivity index (χ0) is 14.8. The smallest absolute Gasteiger partial charge is 0.396 e. The predicted molar refractivity (Wildman–Crippen MR) is 71.1 cm³/mol. The van der Waals surface area contributed by atoms with Crippen LogP contribution in [0, 0.1) is 5.92 Å². The first kappa shape index (κ1) is 15.3. The summed E-state index contributed by atoms with van der Waals surface area (Å²) in [6.45, 7) is 3.47. The summed E-state index contributed by atoms with van der Waals surface area (Å²) in [6, 6.07) is 5.84. The summed E-state index contributed by atoms with van der Waals surface area (Å²) in [5.74, 6) is 0.233. The normalized spacial score (nSPS) is 24.9. The lowest BCUT2D eigenvalue weighted by molar-refractivity contribution is -0.137. The van der Waals surface area contributed by atoms with Gasteiger partial charge in [-0.05, 0) is 37.3 Å². The molecule has 5 heteroatoms. The van der Waals surface area contributed by atoms with Gasteiger partial charge in [0, 0.05) is 25.7 Å². The standard InChI is InChI=1S/C15H20F3NO/c1-11-5-6-13(10-20)9-19(11)8-12-3-2-4-14(7-12)15(16,17)18/h2-4,7,11,13,20H,5-6,8-10H2,1H3. The highest BCUT2D eigenvalue weighted by molar-refractivity contribution is 5.25. The third-order valence-electron chi connectivity index (χ3n) is 4.01. The van der Waals surface area contributed by atoms with Crippen molar-refractivity contribution in [1.29, 1.82) is 0 Å². The van der Waals surface area contributed by atoms with Crippen LogP contribution in [0.1, 0.15) is 30.9 Å². The van der Waals surface area contributed by atoms with Crippen LogP contribution in [0.3, 0.4) is 0 Å². The van der Waals surface area contributed by atoms with Crippen molar-refractivity contribution in [2.75, 3.05) is 13.2 Å². The quantitative estimate of drug-likeness (QED) is 0.922. The number of likely N-dealkylation sites (tertiary alicyclic amines) is 1. The molecule has 0 aliphatic carbocycles. The van der Waals surface area contributed by atoms with E-state index in [0.29, 0.717) is 18.2 Å². The van der Waals surface area contributed by atoms with E-state index >= 15 is 0 Å². The Hall–Kier alpha value is -1.07. The van der Waals surface area contributed by atoms with E-state index in [1.54, 1.807) is 6.07 Å². The van der Waals surface area contributed by atoms with Gasteiger partial charge in [0.05, 0.1) is 5.56 Å². The van der Waals surface area contributed by atoms with Gasteiger partial charge in [-0.1, -0.05) is 18.2 Å². The van der Waals surface area contributed by atoms with Gasteiger partial charge in [-0.2, -0.15) is 13.2 Å². The van der Waals surface area contributed by atoms with Crippen molar-refractivity contribution in [3.8, 4) is 0 Å². The van der Waals surface area contributed by atoms with Crippen LogP contribution in [0.15, 0.2) is 24.3 Å². The lowest BCUT2D eigenvalue weighted by Gasteiger charge is -2.37. The number of hydrogen-bond acceptors (Lipinski definition) is 2. The average molecular weight is 287 g/mol. The highest BCUT2D eigenvalue weighted by Crippen LogP contribution is 2.30. The molecule has 1 aromatic carbocycles. The monoisotopic (exact) mass is 287 g/mol. The minimum atomic E-state index is -4.29. The molecule has 0 amide bonds. The second-order valence-corrected chi connectivity index (χ2v) is 5.60. The minimum absolute atomic E-state index is 0.145. The largest absolute Gasteiger partial charge is 0.416 e. The summed E-state index contributed by atoms with van der Waals surface area (Å²) in [4.78, 5) is 2.15. The number of alkyl halides is 3. The highest BCUT2D eigenvalue weighted by atomic mass is 19.4. The summed E-state index contributed by atoms with van der Waals surface area (Å²) in [5, 5.41) is 9.24. The van der Waals surface area contributed by atoms with Crippen molar-refractivity contribution in [2.45, 2.75) is 38.5 Å². The molecular weight excluding hydrogens is 267 g/mol. The van der Waals surface area contributed by atoms with Gasteiger partial charge in [0.25, 0.3) is 0 Å². The van der Waals surface area contributed by atoms with Gasteiger partial charge in [0.2, 0.25) is 0 Å². The molecule has 0 spiro atoms. The Morgan fingerprint density at radius 3 is 2.70 bits per heavy atom. The Morgan fingerprint density at radius 1 is 1.30 bits per heavy atom. The maximum atomic E-state index is 12.7. The number of aliphatic hydroxyl groups excluding tert-OH is 1. The number of halogens is 3. The molecule has 2 nitrogen and oxygen atoms in total. The second kappa shape index (κ2) is 6.14. The number of aliphatic hydroxyl groups is 1. The summed E-state index contributed by atoms with van der Waals surface area (Å²) >= 11 is 0. The second-order valence-electron chi connectivity index (χ2n) is 5.60. The van der Waals surface area contributed by atoms with Gasteiger partial charge < -0.3 is 5.11 Å². The molecule has 2 rings (SSSR count). The molecule has 1 saturated heterocycles. The van der Waals surface area contributed by atoms with Crippen LogP contribution in [0.2, 0.25) is 0 Å². The third-order valence-corrected chi connectivity index (χ3v) is 4.01. The Kier molecular flexibility index (Phi) is 4.70. The first-order valence-electron chi connectivity index (χ1n) is 6.91. The molecule has 2 unspecified atom stereocenters. The van der Waals surface area contributed by atoms with E-state index in [1.807, 2.05) is 0 Å². The maximum absolute atomic E-state index is 12.7. The first-order chi connectivity index (χ1) is 9.40. The van der Waals surface area contributed by atoms with Gasteiger partial charge in [-0.15, -0.1) is 0 Å². The van der Waals surface area contributed by atoms with Crippen molar-refractivity contribution in [3.63, 3.8) is 0 Å². The minimum Gasteiger partial charge on any atom is -0.396 e. The summed E-state index contributed by atoms with van der Waals surface area (Å²) in [6.07, 6.45) is -2.34. The number of nitrogens with zero attached hydrogens (tertiary/aromatic N) is 1. The SMILES string of the molecule is CC1CCC(CO)CN1Cc1cccc(C(F)(F)F)c1. The van der Waals surface area contributed by atoms with Gasteiger partial charge in [-0.3, -0.25) is 4.90 Å². The molecule has 0 radical (unpaired) electrons.